The second-order valence-electron chi connectivity index (χ2n) is 8.78. The van der Waals surface area contributed by atoms with Crippen molar-refractivity contribution in [1.29, 1.82) is 0 Å². The maximum absolute atomic E-state index is 12.4. The quantitative estimate of drug-likeness (QED) is 0.362. The zero-order valence-corrected chi connectivity index (χ0v) is 19.1. The Bertz CT molecular complexity index is 1520. The standard InChI is InChI=1S/C28H24N6O/c29-25-22(10-5-17-30-25)26-33-24-16-15-23(18-6-2-1-3-7-18)32-27(24)34(26)21-13-11-20(12-14-21)31-28(35)19-8-4-9-19/h1-3,5-7,10-17,19H,4,8-9H2,(H2,29,30)(H,31,35). The highest BCUT2D eigenvalue weighted by Crippen LogP contribution is 2.32. The van der Waals surface area contributed by atoms with Crippen LogP contribution in [0.4, 0.5) is 11.5 Å². The Morgan fingerprint density at radius 3 is 2.43 bits per heavy atom. The van der Waals surface area contributed by atoms with Crippen LogP contribution >= 0.6 is 0 Å². The van der Waals surface area contributed by atoms with E-state index >= 15 is 0 Å². The molecule has 0 spiro atoms. The highest BCUT2D eigenvalue weighted by atomic mass is 16.1. The van der Waals surface area contributed by atoms with Gasteiger partial charge in [0.2, 0.25) is 5.91 Å². The molecule has 3 heterocycles. The van der Waals surface area contributed by atoms with E-state index in [1.54, 1.807) is 6.20 Å². The molecule has 7 nitrogen and oxygen atoms in total. The molecular formula is C28H24N6O. The maximum Gasteiger partial charge on any atom is 0.227 e. The van der Waals surface area contributed by atoms with Crippen LogP contribution in [0.25, 0.3) is 39.5 Å². The van der Waals surface area contributed by atoms with Crippen molar-refractivity contribution in [3.63, 3.8) is 0 Å². The molecule has 0 atom stereocenters. The van der Waals surface area contributed by atoms with Crippen LogP contribution in [0, 0.1) is 5.92 Å². The predicted molar refractivity (Wildman–Crippen MR) is 138 cm³/mol. The topological polar surface area (TPSA) is 98.7 Å². The number of aromatic nitrogens is 4. The lowest BCUT2D eigenvalue weighted by Crippen LogP contribution is -2.27. The van der Waals surface area contributed by atoms with Gasteiger partial charge in [-0.15, -0.1) is 0 Å². The fourth-order valence-corrected chi connectivity index (χ4v) is 4.37. The molecule has 0 radical (unpaired) electrons. The lowest BCUT2D eigenvalue weighted by atomic mass is 9.85. The molecule has 35 heavy (non-hydrogen) atoms. The number of carbonyl (C=O) groups excluding carboxylic acids is 1. The first kappa shape index (κ1) is 21.0. The molecule has 0 bridgehead atoms. The molecular weight excluding hydrogens is 436 g/mol. The molecule has 3 N–H and O–H groups in total. The van der Waals surface area contributed by atoms with Gasteiger partial charge in [0.15, 0.2) is 11.5 Å². The summed E-state index contributed by atoms with van der Waals surface area (Å²) in [5.74, 6) is 1.29. The summed E-state index contributed by atoms with van der Waals surface area (Å²) in [5.41, 5.74) is 12.0. The van der Waals surface area contributed by atoms with Crippen LogP contribution in [0.15, 0.2) is 85.1 Å². The van der Waals surface area contributed by atoms with E-state index in [1.165, 1.54) is 0 Å². The van der Waals surface area contributed by atoms with E-state index in [4.69, 9.17) is 15.7 Å². The summed E-state index contributed by atoms with van der Waals surface area (Å²) in [6, 6.07) is 25.5. The van der Waals surface area contributed by atoms with E-state index in [0.717, 1.165) is 58.6 Å². The number of fused-ring (bicyclic) bond motifs is 1. The average molecular weight is 461 g/mol. The maximum atomic E-state index is 12.4. The Labute approximate surface area is 202 Å². The number of nitrogens with two attached hydrogens (primary N) is 1. The number of amides is 1. The number of hydrogen-bond donors (Lipinski definition) is 2. The second-order valence-corrected chi connectivity index (χ2v) is 8.78. The Kier molecular flexibility index (Phi) is 5.22. The van der Waals surface area contributed by atoms with Gasteiger partial charge < -0.3 is 11.1 Å². The van der Waals surface area contributed by atoms with Gasteiger partial charge in [0.05, 0.1) is 11.3 Å². The van der Waals surface area contributed by atoms with Crippen LogP contribution in [0.2, 0.25) is 0 Å². The third-order valence-electron chi connectivity index (χ3n) is 6.52. The molecule has 0 aliphatic heterocycles. The molecule has 7 heteroatoms. The van der Waals surface area contributed by atoms with E-state index < -0.39 is 0 Å². The fourth-order valence-electron chi connectivity index (χ4n) is 4.37. The minimum atomic E-state index is 0.0927. The van der Waals surface area contributed by atoms with E-state index in [-0.39, 0.29) is 11.8 Å². The average Bonchev–Trinajstić information content (AvgIpc) is 3.23. The van der Waals surface area contributed by atoms with Crippen LogP contribution in [0.3, 0.4) is 0 Å². The van der Waals surface area contributed by atoms with Gasteiger partial charge in [-0.25, -0.2) is 15.0 Å². The molecule has 2 aromatic carbocycles. The van der Waals surface area contributed by atoms with Gasteiger partial charge in [0, 0.05) is 29.1 Å². The normalized spacial score (nSPS) is 13.5. The van der Waals surface area contributed by atoms with Gasteiger partial charge in [0.1, 0.15) is 11.3 Å². The zero-order chi connectivity index (χ0) is 23.8. The molecule has 6 rings (SSSR count). The number of pyridine rings is 2. The molecule has 3 aromatic heterocycles. The van der Waals surface area contributed by atoms with Gasteiger partial charge in [0.25, 0.3) is 0 Å². The van der Waals surface area contributed by atoms with Crippen molar-refractivity contribution in [2.45, 2.75) is 19.3 Å². The van der Waals surface area contributed by atoms with Gasteiger partial charge in [-0.1, -0.05) is 36.8 Å². The van der Waals surface area contributed by atoms with Crippen LogP contribution in [0.5, 0.6) is 0 Å². The first-order valence-corrected chi connectivity index (χ1v) is 11.7. The Morgan fingerprint density at radius 1 is 0.914 bits per heavy atom. The summed E-state index contributed by atoms with van der Waals surface area (Å²) in [6.07, 6.45) is 4.73. The first-order valence-electron chi connectivity index (χ1n) is 11.7. The van der Waals surface area contributed by atoms with Crippen LogP contribution in [0.1, 0.15) is 19.3 Å². The Balaban J connectivity index is 1.47. The number of imidazole rings is 1. The van der Waals surface area contributed by atoms with E-state index in [0.29, 0.717) is 11.6 Å². The third-order valence-corrected chi connectivity index (χ3v) is 6.52. The van der Waals surface area contributed by atoms with Gasteiger partial charge in [-0.3, -0.25) is 9.36 Å². The van der Waals surface area contributed by atoms with Crippen molar-refractivity contribution in [2.24, 2.45) is 5.92 Å². The molecule has 0 saturated heterocycles. The highest BCUT2D eigenvalue weighted by Gasteiger charge is 2.25. The van der Waals surface area contributed by atoms with Crippen molar-refractivity contribution in [3.8, 4) is 28.3 Å². The number of nitrogens with one attached hydrogen (secondary N) is 1. The number of hydrogen-bond acceptors (Lipinski definition) is 5. The number of rotatable bonds is 5. The summed E-state index contributed by atoms with van der Waals surface area (Å²) >= 11 is 0. The third kappa shape index (κ3) is 3.91. The summed E-state index contributed by atoms with van der Waals surface area (Å²) < 4.78 is 1.99. The summed E-state index contributed by atoms with van der Waals surface area (Å²) in [7, 11) is 0. The Hall–Kier alpha value is -4.52. The first-order chi connectivity index (χ1) is 17.2. The number of benzene rings is 2. The molecule has 0 unspecified atom stereocenters. The van der Waals surface area contributed by atoms with Gasteiger partial charge in [-0.2, -0.15) is 0 Å². The monoisotopic (exact) mass is 460 g/mol. The molecule has 5 aromatic rings. The van der Waals surface area contributed by atoms with Gasteiger partial charge in [-0.05, 0) is 61.4 Å². The van der Waals surface area contributed by atoms with Crippen molar-refractivity contribution >= 4 is 28.6 Å². The smallest absolute Gasteiger partial charge is 0.227 e. The van der Waals surface area contributed by atoms with Crippen LogP contribution < -0.4 is 11.1 Å². The predicted octanol–water partition coefficient (Wildman–Crippen LogP) is 5.47. The summed E-state index contributed by atoms with van der Waals surface area (Å²) in [4.78, 5) is 26.5. The molecule has 1 aliphatic carbocycles. The minimum absolute atomic E-state index is 0.0927. The number of anilines is 2. The Morgan fingerprint density at radius 2 is 1.71 bits per heavy atom. The lowest BCUT2D eigenvalue weighted by molar-refractivity contribution is -0.122. The van der Waals surface area contributed by atoms with E-state index in [9.17, 15) is 4.79 Å². The minimum Gasteiger partial charge on any atom is -0.383 e. The fraction of sp³-hybridized carbons (Fsp3) is 0.143. The number of nitrogen functional groups attached to an aromatic ring is 1. The van der Waals surface area contributed by atoms with Crippen LogP contribution in [-0.2, 0) is 4.79 Å². The molecule has 1 fully saturated rings. The lowest BCUT2D eigenvalue weighted by Gasteiger charge is -2.24. The molecule has 1 aliphatic rings. The summed E-state index contributed by atoms with van der Waals surface area (Å²) in [5, 5.41) is 3.03. The van der Waals surface area contributed by atoms with E-state index in [1.807, 2.05) is 83.4 Å². The van der Waals surface area contributed by atoms with Crippen molar-refractivity contribution in [3.05, 3.63) is 85.1 Å². The van der Waals surface area contributed by atoms with Crippen molar-refractivity contribution in [2.75, 3.05) is 11.1 Å². The molecule has 1 amide bonds. The highest BCUT2D eigenvalue weighted by molar-refractivity contribution is 5.93. The van der Waals surface area contributed by atoms with E-state index in [2.05, 4.69) is 10.3 Å². The van der Waals surface area contributed by atoms with Gasteiger partial charge >= 0.3 is 0 Å². The number of carbonyl (C=O) groups is 1. The molecule has 1 saturated carbocycles. The largest absolute Gasteiger partial charge is 0.383 e. The van der Waals surface area contributed by atoms with Crippen LogP contribution in [-0.4, -0.2) is 25.4 Å². The van der Waals surface area contributed by atoms with Crippen molar-refractivity contribution in [1.82, 2.24) is 19.5 Å². The zero-order valence-electron chi connectivity index (χ0n) is 19.1. The SMILES string of the molecule is Nc1ncccc1-c1nc2ccc(-c3ccccc3)nc2n1-c1ccc(NC(=O)C2CCC2)cc1. The number of nitrogens with zero attached hydrogens (tertiary/aromatic N) is 4. The second kappa shape index (κ2) is 8.68. The van der Waals surface area contributed by atoms with Crippen molar-refractivity contribution < 1.29 is 4.79 Å². The summed E-state index contributed by atoms with van der Waals surface area (Å²) in [6.45, 7) is 0. The molecule has 172 valence electrons.